The first-order chi connectivity index (χ1) is 14.4. The van der Waals surface area contributed by atoms with Gasteiger partial charge in [0.1, 0.15) is 5.75 Å². The lowest BCUT2D eigenvalue weighted by atomic mass is 10.2. The average molecular weight is 465 g/mol. The van der Waals surface area contributed by atoms with Crippen LogP contribution in [0.1, 0.15) is 24.2 Å². The Morgan fingerprint density at radius 2 is 1.97 bits per heavy atom. The molecular formula is C21H24N2O4S3. The fourth-order valence-electron chi connectivity index (χ4n) is 3.01. The van der Waals surface area contributed by atoms with Crippen LogP contribution in [-0.2, 0) is 16.4 Å². The second-order valence-corrected chi connectivity index (χ2v) is 10.6. The molecule has 0 aliphatic carbocycles. The van der Waals surface area contributed by atoms with E-state index < -0.39 is 15.7 Å². The molecule has 0 fully saturated rings. The van der Waals surface area contributed by atoms with E-state index in [9.17, 15) is 13.2 Å². The van der Waals surface area contributed by atoms with E-state index in [0.717, 1.165) is 21.7 Å². The molecule has 3 rings (SSSR count). The van der Waals surface area contributed by atoms with E-state index in [2.05, 4.69) is 4.99 Å². The Morgan fingerprint density at radius 1 is 1.20 bits per heavy atom. The zero-order chi connectivity index (χ0) is 21.7. The Labute approximate surface area is 184 Å². The maximum absolute atomic E-state index is 13.0. The van der Waals surface area contributed by atoms with Crippen LogP contribution in [0.2, 0.25) is 0 Å². The topological polar surface area (TPSA) is 77.7 Å². The summed E-state index contributed by atoms with van der Waals surface area (Å²) in [5.74, 6) is 0.993. The van der Waals surface area contributed by atoms with Gasteiger partial charge >= 0.3 is 0 Å². The van der Waals surface area contributed by atoms with Gasteiger partial charge in [-0.25, -0.2) is 8.42 Å². The molecule has 0 atom stereocenters. The number of fused-ring (bicyclic) bond motifs is 1. The van der Waals surface area contributed by atoms with Crippen LogP contribution in [0.25, 0.3) is 10.2 Å². The van der Waals surface area contributed by atoms with Gasteiger partial charge in [0.05, 0.1) is 33.0 Å². The van der Waals surface area contributed by atoms with E-state index in [1.807, 2.05) is 35.9 Å². The van der Waals surface area contributed by atoms with E-state index in [1.165, 1.54) is 23.5 Å². The summed E-state index contributed by atoms with van der Waals surface area (Å²) in [5.41, 5.74) is 1.07. The minimum Gasteiger partial charge on any atom is -0.494 e. The smallest absolute Gasteiger partial charge is 0.280 e. The summed E-state index contributed by atoms with van der Waals surface area (Å²) < 4.78 is 33.4. The first-order valence-corrected chi connectivity index (χ1v) is 13.4. The van der Waals surface area contributed by atoms with Gasteiger partial charge in [0.2, 0.25) is 0 Å². The number of hydrogen-bond acceptors (Lipinski definition) is 6. The zero-order valence-corrected chi connectivity index (χ0v) is 19.6. The highest BCUT2D eigenvalue weighted by Crippen LogP contribution is 2.24. The number of carbonyl (C=O) groups is 1. The monoisotopic (exact) mass is 464 g/mol. The Kier molecular flexibility index (Phi) is 7.38. The normalized spacial score (nSPS) is 12.4. The number of benzene rings is 2. The van der Waals surface area contributed by atoms with Crippen molar-refractivity contribution in [3.05, 3.63) is 52.8 Å². The molecule has 1 amide bonds. The number of amides is 1. The number of thiazole rings is 1. The van der Waals surface area contributed by atoms with E-state index >= 15 is 0 Å². The van der Waals surface area contributed by atoms with Gasteiger partial charge in [0.25, 0.3) is 5.91 Å². The van der Waals surface area contributed by atoms with Gasteiger partial charge in [0.15, 0.2) is 14.6 Å². The third kappa shape index (κ3) is 4.79. The van der Waals surface area contributed by atoms with Gasteiger partial charge in [-0.05, 0) is 43.5 Å². The van der Waals surface area contributed by atoms with Crippen molar-refractivity contribution < 1.29 is 17.9 Å². The molecule has 0 aliphatic rings. The molecule has 1 aromatic heterocycles. The average Bonchev–Trinajstić information content (AvgIpc) is 3.08. The summed E-state index contributed by atoms with van der Waals surface area (Å²) in [5, 5.41) is 0. The van der Waals surface area contributed by atoms with Crippen LogP contribution in [0.15, 0.2) is 52.4 Å². The SMILES string of the molecule is CCOc1ccc2c(c1)sc(=NC(=O)c1ccccc1S(=O)(=O)CC)n2CCSC. The fourth-order valence-corrected chi connectivity index (χ4v) is 5.55. The lowest BCUT2D eigenvalue weighted by Crippen LogP contribution is -2.19. The van der Waals surface area contributed by atoms with Gasteiger partial charge in [-0.15, -0.1) is 0 Å². The lowest BCUT2D eigenvalue weighted by molar-refractivity contribution is 0.0994. The van der Waals surface area contributed by atoms with Crippen molar-refractivity contribution in [2.75, 3.05) is 24.4 Å². The Balaban J connectivity index is 2.15. The van der Waals surface area contributed by atoms with Crippen LogP contribution in [0.5, 0.6) is 5.75 Å². The number of sulfone groups is 1. The second kappa shape index (κ2) is 9.80. The van der Waals surface area contributed by atoms with Gasteiger partial charge in [0, 0.05) is 12.3 Å². The minimum atomic E-state index is -3.53. The highest BCUT2D eigenvalue weighted by Gasteiger charge is 2.20. The highest BCUT2D eigenvalue weighted by atomic mass is 32.2. The number of hydrogen-bond donors (Lipinski definition) is 0. The maximum atomic E-state index is 13.0. The molecule has 0 N–H and O–H groups in total. The zero-order valence-electron chi connectivity index (χ0n) is 17.1. The Hall–Kier alpha value is -2.10. The molecule has 9 heteroatoms. The van der Waals surface area contributed by atoms with Gasteiger partial charge in [-0.2, -0.15) is 16.8 Å². The van der Waals surface area contributed by atoms with Crippen LogP contribution < -0.4 is 9.54 Å². The lowest BCUT2D eigenvalue weighted by Gasteiger charge is -2.07. The number of ether oxygens (including phenoxy) is 1. The number of aromatic nitrogens is 1. The summed E-state index contributed by atoms with van der Waals surface area (Å²) in [6, 6.07) is 12.1. The third-order valence-corrected chi connectivity index (χ3v) is 7.93. The molecule has 0 bridgehead atoms. The summed E-state index contributed by atoms with van der Waals surface area (Å²) in [7, 11) is -3.53. The Bertz CT molecular complexity index is 1230. The number of carbonyl (C=O) groups excluding carboxylic acids is 1. The van der Waals surface area contributed by atoms with Crippen LogP contribution in [0, 0.1) is 0 Å². The fraction of sp³-hybridized carbons (Fsp3) is 0.333. The Morgan fingerprint density at radius 3 is 2.67 bits per heavy atom. The molecule has 160 valence electrons. The van der Waals surface area contributed by atoms with Crippen molar-refractivity contribution in [1.82, 2.24) is 4.57 Å². The summed E-state index contributed by atoms with van der Waals surface area (Å²) in [6.45, 7) is 4.75. The van der Waals surface area contributed by atoms with E-state index in [4.69, 9.17) is 4.74 Å². The van der Waals surface area contributed by atoms with Crippen molar-refractivity contribution in [2.24, 2.45) is 4.99 Å². The number of rotatable bonds is 8. The highest BCUT2D eigenvalue weighted by molar-refractivity contribution is 7.98. The van der Waals surface area contributed by atoms with Crippen LogP contribution >= 0.6 is 23.1 Å². The minimum absolute atomic E-state index is 0.0247. The summed E-state index contributed by atoms with van der Waals surface area (Å²) >= 11 is 3.10. The van der Waals surface area contributed by atoms with Crippen molar-refractivity contribution in [1.29, 1.82) is 0 Å². The number of aryl methyl sites for hydroxylation is 1. The summed E-state index contributed by atoms with van der Waals surface area (Å²) in [4.78, 5) is 17.9. The first-order valence-electron chi connectivity index (χ1n) is 9.57. The van der Waals surface area contributed by atoms with Crippen molar-refractivity contribution in [2.45, 2.75) is 25.3 Å². The molecule has 3 aromatic rings. The molecule has 0 saturated carbocycles. The molecule has 0 spiro atoms. The first kappa shape index (κ1) is 22.6. The molecular weight excluding hydrogens is 440 g/mol. The molecule has 0 saturated heterocycles. The van der Waals surface area contributed by atoms with E-state index in [1.54, 1.807) is 30.8 Å². The van der Waals surface area contributed by atoms with Crippen LogP contribution in [-0.4, -0.2) is 43.3 Å². The van der Waals surface area contributed by atoms with E-state index in [0.29, 0.717) is 18.0 Å². The predicted octanol–water partition coefficient (Wildman–Crippen LogP) is 4.00. The van der Waals surface area contributed by atoms with Gasteiger partial charge in [-0.1, -0.05) is 30.4 Å². The van der Waals surface area contributed by atoms with Crippen molar-refractivity contribution >= 4 is 49.1 Å². The van der Waals surface area contributed by atoms with Gasteiger partial charge in [-0.3, -0.25) is 4.79 Å². The maximum Gasteiger partial charge on any atom is 0.280 e. The largest absolute Gasteiger partial charge is 0.494 e. The predicted molar refractivity (Wildman–Crippen MR) is 123 cm³/mol. The van der Waals surface area contributed by atoms with E-state index in [-0.39, 0.29) is 16.2 Å². The summed E-state index contributed by atoms with van der Waals surface area (Å²) in [6.07, 6.45) is 2.02. The standard InChI is InChI=1S/C21H24N2O4S3/c1-4-27-15-10-11-17-18(14-15)29-21(23(17)12-13-28-3)22-20(24)16-8-6-7-9-19(16)30(25,26)5-2/h6-11,14H,4-5,12-13H2,1-3H3. The molecule has 1 heterocycles. The van der Waals surface area contributed by atoms with Crippen molar-refractivity contribution in [3.63, 3.8) is 0 Å². The third-order valence-electron chi connectivity index (χ3n) is 4.51. The molecule has 6 nitrogen and oxygen atoms in total. The van der Waals surface area contributed by atoms with Crippen molar-refractivity contribution in [3.8, 4) is 5.75 Å². The second-order valence-electron chi connectivity index (χ2n) is 6.41. The van der Waals surface area contributed by atoms with Gasteiger partial charge < -0.3 is 9.30 Å². The molecule has 2 aromatic carbocycles. The van der Waals surface area contributed by atoms with Crippen LogP contribution in [0.3, 0.4) is 0 Å². The molecule has 0 unspecified atom stereocenters. The number of thioether (sulfide) groups is 1. The molecule has 0 aliphatic heterocycles. The quantitative estimate of drug-likeness (QED) is 0.504. The van der Waals surface area contributed by atoms with Crippen LogP contribution in [0.4, 0.5) is 0 Å². The molecule has 0 radical (unpaired) electrons. The number of nitrogens with zero attached hydrogens (tertiary/aromatic N) is 2. The molecule has 30 heavy (non-hydrogen) atoms.